The van der Waals surface area contributed by atoms with Crippen LogP contribution in [0.4, 0.5) is 5.69 Å². The van der Waals surface area contributed by atoms with Crippen LogP contribution in [0.1, 0.15) is 36.2 Å². The monoisotopic (exact) mass is 276 g/mol. The first-order valence-corrected chi connectivity index (χ1v) is 7.40. The summed E-state index contributed by atoms with van der Waals surface area (Å²) in [5.74, 6) is 0.126. The van der Waals surface area contributed by atoms with Crippen molar-refractivity contribution in [2.75, 3.05) is 31.6 Å². The lowest BCUT2D eigenvalue weighted by molar-refractivity contribution is -0.00283. The lowest BCUT2D eigenvalue weighted by Crippen LogP contribution is -2.48. The first-order chi connectivity index (χ1) is 9.67. The second-order valence-electron chi connectivity index (χ2n) is 5.20. The zero-order valence-electron chi connectivity index (χ0n) is 12.6. The Hall–Kier alpha value is -1.55. The summed E-state index contributed by atoms with van der Waals surface area (Å²) in [5, 5.41) is 3.27. The Balaban J connectivity index is 2.19. The van der Waals surface area contributed by atoms with Crippen LogP contribution in [-0.4, -0.2) is 43.2 Å². The molecule has 1 aliphatic rings. The molecule has 1 unspecified atom stereocenters. The molecule has 4 heteroatoms. The smallest absolute Gasteiger partial charge is 0.254 e. The molecular weight excluding hydrogens is 252 g/mol. The summed E-state index contributed by atoms with van der Waals surface area (Å²) >= 11 is 0. The maximum atomic E-state index is 12.7. The first kappa shape index (κ1) is 14.9. The van der Waals surface area contributed by atoms with Gasteiger partial charge in [-0.05, 0) is 44.0 Å². The minimum Gasteiger partial charge on any atom is -0.385 e. The Morgan fingerprint density at radius 1 is 1.45 bits per heavy atom. The van der Waals surface area contributed by atoms with Gasteiger partial charge in [0, 0.05) is 24.3 Å². The number of nitrogens with one attached hydrogen (secondary N) is 1. The van der Waals surface area contributed by atoms with Crippen LogP contribution in [0.5, 0.6) is 0 Å². The average Bonchev–Trinajstić information content (AvgIpc) is 2.47. The number of nitrogens with zero attached hydrogens (tertiary/aromatic N) is 1. The molecule has 0 bridgehead atoms. The van der Waals surface area contributed by atoms with Crippen molar-refractivity contribution in [2.45, 2.75) is 33.2 Å². The molecule has 2 rings (SSSR count). The summed E-state index contributed by atoms with van der Waals surface area (Å²) in [6.07, 6.45) is 0.931. The molecule has 1 aromatic rings. The van der Waals surface area contributed by atoms with E-state index in [1.165, 1.54) is 0 Å². The van der Waals surface area contributed by atoms with E-state index in [0.29, 0.717) is 19.8 Å². The van der Waals surface area contributed by atoms with Crippen LogP contribution >= 0.6 is 0 Å². The Morgan fingerprint density at radius 2 is 2.25 bits per heavy atom. The van der Waals surface area contributed by atoms with Crippen LogP contribution in [0, 0.1) is 6.92 Å². The average molecular weight is 276 g/mol. The summed E-state index contributed by atoms with van der Waals surface area (Å²) in [5.41, 5.74) is 2.89. The molecule has 1 fully saturated rings. The molecule has 0 spiro atoms. The van der Waals surface area contributed by atoms with Crippen molar-refractivity contribution in [3.8, 4) is 0 Å². The molecule has 0 radical (unpaired) electrons. The number of ether oxygens (including phenoxy) is 1. The number of carbonyl (C=O) groups excluding carboxylic acids is 1. The van der Waals surface area contributed by atoms with Crippen molar-refractivity contribution in [1.29, 1.82) is 0 Å². The summed E-state index contributed by atoms with van der Waals surface area (Å²) in [6, 6.07) is 6.14. The van der Waals surface area contributed by atoms with E-state index in [-0.39, 0.29) is 11.9 Å². The maximum Gasteiger partial charge on any atom is 0.254 e. The summed E-state index contributed by atoms with van der Waals surface area (Å²) in [6.45, 7) is 9.01. The number of hydrogen-bond acceptors (Lipinski definition) is 3. The summed E-state index contributed by atoms with van der Waals surface area (Å²) < 4.78 is 5.47. The number of rotatable bonds is 4. The Kier molecular flexibility index (Phi) is 5.01. The van der Waals surface area contributed by atoms with Crippen molar-refractivity contribution in [2.24, 2.45) is 0 Å². The van der Waals surface area contributed by atoms with Gasteiger partial charge in [-0.1, -0.05) is 6.92 Å². The van der Waals surface area contributed by atoms with Gasteiger partial charge in [0.15, 0.2) is 0 Å². The number of amides is 1. The molecule has 20 heavy (non-hydrogen) atoms. The fraction of sp³-hybridized carbons (Fsp3) is 0.562. The number of hydrogen-bond donors (Lipinski definition) is 1. The molecule has 1 amide bonds. The van der Waals surface area contributed by atoms with Crippen molar-refractivity contribution in [3.63, 3.8) is 0 Å². The van der Waals surface area contributed by atoms with Gasteiger partial charge in [-0.2, -0.15) is 0 Å². The van der Waals surface area contributed by atoms with Gasteiger partial charge in [0.05, 0.1) is 19.3 Å². The molecule has 0 aliphatic carbocycles. The number of anilines is 1. The topological polar surface area (TPSA) is 41.6 Å². The predicted octanol–water partition coefficient (Wildman–Crippen LogP) is 2.68. The van der Waals surface area contributed by atoms with E-state index >= 15 is 0 Å². The highest BCUT2D eigenvalue weighted by Crippen LogP contribution is 2.20. The molecule has 1 N–H and O–H groups in total. The van der Waals surface area contributed by atoms with Gasteiger partial charge in [0.2, 0.25) is 0 Å². The van der Waals surface area contributed by atoms with E-state index in [2.05, 4.69) is 19.2 Å². The highest BCUT2D eigenvalue weighted by Gasteiger charge is 2.27. The minimum atomic E-state index is 0.126. The largest absolute Gasteiger partial charge is 0.385 e. The zero-order valence-corrected chi connectivity index (χ0v) is 12.6. The predicted molar refractivity (Wildman–Crippen MR) is 81.3 cm³/mol. The standard InChI is InChI=1S/C16H24N2O2/c1-4-14-11-20-9-8-18(14)16(19)15-7-6-13(17-5-2)10-12(15)3/h6-7,10,14,17H,4-5,8-9,11H2,1-3H3. The highest BCUT2D eigenvalue weighted by atomic mass is 16.5. The zero-order chi connectivity index (χ0) is 14.5. The fourth-order valence-electron chi connectivity index (χ4n) is 2.63. The third-order valence-electron chi connectivity index (χ3n) is 3.80. The number of carbonyl (C=O) groups is 1. The van der Waals surface area contributed by atoms with Crippen molar-refractivity contribution in [3.05, 3.63) is 29.3 Å². The number of aryl methyl sites for hydroxylation is 1. The van der Waals surface area contributed by atoms with E-state index in [1.54, 1.807) is 0 Å². The molecule has 0 saturated carbocycles. The molecular formula is C16H24N2O2. The molecule has 1 heterocycles. The lowest BCUT2D eigenvalue weighted by Gasteiger charge is -2.35. The van der Waals surface area contributed by atoms with Crippen LogP contribution in [0.3, 0.4) is 0 Å². The Bertz CT molecular complexity index is 474. The second kappa shape index (κ2) is 6.75. The minimum absolute atomic E-state index is 0.126. The van der Waals surface area contributed by atoms with Gasteiger partial charge in [-0.25, -0.2) is 0 Å². The molecule has 1 aromatic carbocycles. The van der Waals surface area contributed by atoms with Crippen LogP contribution in [-0.2, 0) is 4.74 Å². The third-order valence-corrected chi connectivity index (χ3v) is 3.80. The Morgan fingerprint density at radius 3 is 2.90 bits per heavy atom. The SMILES string of the molecule is CCNc1ccc(C(=O)N2CCOCC2CC)c(C)c1. The molecule has 0 aromatic heterocycles. The summed E-state index contributed by atoms with van der Waals surface area (Å²) in [7, 11) is 0. The van der Waals surface area contributed by atoms with E-state index in [0.717, 1.165) is 29.8 Å². The molecule has 1 saturated heterocycles. The van der Waals surface area contributed by atoms with E-state index < -0.39 is 0 Å². The molecule has 4 nitrogen and oxygen atoms in total. The van der Waals surface area contributed by atoms with Crippen LogP contribution in [0.2, 0.25) is 0 Å². The van der Waals surface area contributed by atoms with Gasteiger partial charge in [-0.15, -0.1) is 0 Å². The van der Waals surface area contributed by atoms with Gasteiger partial charge < -0.3 is 15.0 Å². The van der Waals surface area contributed by atoms with Crippen molar-refractivity contribution < 1.29 is 9.53 Å². The number of benzene rings is 1. The van der Waals surface area contributed by atoms with Gasteiger partial charge >= 0.3 is 0 Å². The highest BCUT2D eigenvalue weighted by molar-refractivity contribution is 5.96. The normalized spacial score (nSPS) is 18.9. The second-order valence-corrected chi connectivity index (χ2v) is 5.20. The van der Waals surface area contributed by atoms with Gasteiger partial charge in [0.1, 0.15) is 0 Å². The van der Waals surface area contributed by atoms with Crippen LogP contribution in [0.15, 0.2) is 18.2 Å². The molecule has 1 aliphatic heterocycles. The van der Waals surface area contributed by atoms with Crippen molar-refractivity contribution >= 4 is 11.6 Å². The maximum absolute atomic E-state index is 12.7. The van der Waals surface area contributed by atoms with Crippen LogP contribution < -0.4 is 5.32 Å². The number of morpholine rings is 1. The Labute approximate surface area is 121 Å². The van der Waals surface area contributed by atoms with Gasteiger partial charge in [-0.3, -0.25) is 4.79 Å². The van der Waals surface area contributed by atoms with E-state index in [4.69, 9.17) is 4.74 Å². The molecule has 1 atom stereocenters. The fourth-order valence-corrected chi connectivity index (χ4v) is 2.63. The first-order valence-electron chi connectivity index (χ1n) is 7.40. The molecule has 110 valence electrons. The summed E-state index contributed by atoms with van der Waals surface area (Å²) in [4.78, 5) is 14.7. The quantitative estimate of drug-likeness (QED) is 0.919. The third kappa shape index (κ3) is 3.12. The van der Waals surface area contributed by atoms with Crippen molar-refractivity contribution in [1.82, 2.24) is 4.90 Å². The van der Waals surface area contributed by atoms with Crippen LogP contribution in [0.25, 0.3) is 0 Å². The van der Waals surface area contributed by atoms with Gasteiger partial charge in [0.25, 0.3) is 5.91 Å². The van der Waals surface area contributed by atoms with E-state index in [9.17, 15) is 4.79 Å². The lowest BCUT2D eigenvalue weighted by atomic mass is 10.0. The van der Waals surface area contributed by atoms with E-state index in [1.807, 2.05) is 30.0 Å².